The zero-order valence-corrected chi connectivity index (χ0v) is 16.4. The van der Waals surface area contributed by atoms with Crippen LogP contribution in [0.25, 0.3) is 0 Å². The zero-order chi connectivity index (χ0) is 18.6. The van der Waals surface area contributed by atoms with Crippen LogP contribution < -0.4 is 0 Å². The van der Waals surface area contributed by atoms with E-state index in [-0.39, 0.29) is 35.1 Å². The first-order chi connectivity index (χ1) is 12.3. The Morgan fingerprint density at radius 1 is 1.19 bits per heavy atom. The van der Waals surface area contributed by atoms with E-state index in [1.165, 1.54) is 5.57 Å². The maximum absolute atomic E-state index is 12.4. The Hall–Kier alpha value is -1.00. The van der Waals surface area contributed by atoms with Crippen LogP contribution in [0.5, 0.6) is 0 Å². The van der Waals surface area contributed by atoms with E-state index in [0.29, 0.717) is 12.3 Å². The summed E-state index contributed by atoms with van der Waals surface area (Å²) in [5.74, 6) is 0.971. The Bertz CT molecular complexity index is 653. The van der Waals surface area contributed by atoms with Crippen molar-refractivity contribution in [1.82, 2.24) is 0 Å². The van der Waals surface area contributed by atoms with E-state index < -0.39 is 5.60 Å². The molecule has 0 aromatic carbocycles. The molecule has 26 heavy (non-hydrogen) atoms. The highest BCUT2D eigenvalue weighted by molar-refractivity contribution is 5.94. The van der Waals surface area contributed by atoms with Crippen molar-refractivity contribution in [2.24, 2.45) is 16.7 Å². The topological polar surface area (TPSA) is 52.6 Å². The standard InChI is InChI=1S/C22H32O4/c1-20(9-5-10-22(20)19(24)14-26-22)13-18(25-3)17-7-4-6-15-12-16(23)8-11-21(15,17)2/h12,17-18H,4-11,13-14H2,1-3H3. The van der Waals surface area contributed by atoms with Crippen molar-refractivity contribution < 1.29 is 19.1 Å². The summed E-state index contributed by atoms with van der Waals surface area (Å²) in [7, 11) is 1.81. The maximum atomic E-state index is 12.4. The highest BCUT2D eigenvalue weighted by atomic mass is 16.5. The monoisotopic (exact) mass is 360 g/mol. The number of Topliss-reactive ketones (excluding diaryl/α,β-unsaturated/α-hetero) is 1. The van der Waals surface area contributed by atoms with E-state index >= 15 is 0 Å². The van der Waals surface area contributed by atoms with Gasteiger partial charge in [-0.05, 0) is 68.8 Å². The quantitative estimate of drug-likeness (QED) is 0.760. The second kappa shape index (κ2) is 6.27. The fraction of sp³-hybridized carbons (Fsp3) is 0.818. The molecule has 0 aromatic rings. The molecule has 3 fully saturated rings. The van der Waals surface area contributed by atoms with Gasteiger partial charge in [0.05, 0.1) is 6.10 Å². The number of hydrogen-bond donors (Lipinski definition) is 0. The lowest BCUT2D eigenvalue weighted by atomic mass is 9.56. The molecule has 1 heterocycles. The van der Waals surface area contributed by atoms with Gasteiger partial charge in [-0.25, -0.2) is 0 Å². The van der Waals surface area contributed by atoms with Crippen LogP contribution in [-0.2, 0) is 19.1 Å². The van der Waals surface area contributed by atoms with Crippen molar-refractivity contribution in [1.29, 1.82) is 0 Å². The fourth-order valence-corrected chi connectivity index (χ4v) is 6.54. The minimum absolute atomic E-state index is 0.0550. The molecular weight excluding hydrogens is 328 g/mol. The van der Waals surface area contributed by atoms with E-state index in [9.17, 15) is 9.59 Å². The minimum atomic E-state index is -0.555. The number of ketones is 2. The van der Waals surface area contributed by atoms with Crippen LogP contribution in [0.4, 0.5) is 0 Å². The smallest absolute Gasteiger partial charge is 0.190 e. The van der Waals surface area contributed by atoms with Gasteiger partial charge in [0, 0.05) is 18.9 Å². The first-order valence-electron chi connectivity index (χ1n) is 10.3. The summed E-state index contributed by atoms with van der Waals surface area (Å²) in [5, 5.41) is 0. The molecule has 0 radical (unpaired) electrons. The van der Waals surface area contributed by atoms with Crippen LogP contribution in [0, 0.1) is 16.7 Å². The van der Waals surface area contributed by atoms with Gasteiger partial charge >= 0.3 is 0 Å². The van der Waals surface area contributed by atoms with Gasteiger partial charge in [0.25, 0.3) is 0 Å². The Morgan fingerprint density at radius 2 is 2.00 bits per heavy atom. The lowest BCUT2D eigenvalue weighted by Gasteiger charge is -2.53. The van der Waals surface area contributed by atoms with Crippen LogP contribution in [0.15, 0.2) is 11.6 Å². The van der Waals surface area contributed by atoms with Crippen LogP contribution in [0.2, 0.25) is 0 Å². The Labute approximate surface area is 156 Å². The Balaban J connectivity index is 1.60. The average Bonchev–Trinajstić information content (AvgIpc) is 2.98. The molecule has 1 aliphatic heterocycles. The third-order valence-corrected chi connectivity index (χ3v) is 8.27. The van der Waals surface area contributed by atoms with Gasteiger partial charge in [0.1, 0.15) is 12.2 Å². The van der Waals surface area contributed by atoms with E-state index in [1.54, 1.807) is 0 Å². The van der Waals surface area contributed by atoms with E-state index in [4.69, 9.17) is 9.47 Å². The van der Waals surface area contributed by atoms with Gasteiger partial charge in [0.15, 0.2) is 11.6 Å². The number of fused-ring (bicyclic) bond motifs is 1. The molecule has 4 nitrogen and oxygen atoms in total. The molecule has 0 aromatic heterocycles. The largest absolute Gasteiger partial charge is 0.381 e. The van der Waals surface area contributed by atoms with Crippen LogP contribution in [-0.4, -0.2) is 37.0 Å². The molecule has 0 N–H and O–H groups in total. The van der Waals surface area contributed by atoms with Crippen molar-refractivity contribution in [2.45, 2.75) is 83.3 Å². The third kappa shape index (κ3) is 2.48. The number of rotatable bonds is 4. The van der Waals surface area contributed by atoms with Crippen molar-refractivity contribution in [2.75, 3.05) is 13.7 Å². The molecule has 3 aliphatic carbocycles. The minimum Gasteiger partial charge on any atom is -0.381 e. The van der Waals surface area contributed by atoms with Gasteiger partial charge in [-0.3, -0.25) is 9.59 Å². The lowest BCUT2D eigenvalue weighted by molar-refractivity contribution is -0.206. The lowest BCUT2D eigenvalue weighted by Crippen LogP contribution is -2.62. The van der Waals surface area contributed by atoms with Gasteiger partial charge in [-0.2, -0.15) is 0 Å². The normalized spacial score (nSPS) is 43.8. The molecule has 5 unspecified atom stereocenters. The maximum Gasteiger partial charge on any atom is 0.190 e. The summed E-state index contributed by atoms with van der Waals surface area (Å²) >= 11 is 0. The van der Waals surface area contributed by atoms with E-state index in [0.717, 1.165) is 51.4 Å². The molecule has 4 heteroatoms. The van der Waals surface area contributed by atoms with Crippen LogP contribution in [0.3, 0.4) is 0 Å². The van der Waals surface area contributed by atoms with Crippen LogP contribution in [0.1, 0.15) is 71.6 Å². The summed E-state index contributed by atoms with van der Waals surface area (Å²) in [4.78, 5) is 24.4. The summed E-state index contributed by atoms with van der Waals surface area (Å²) in [6, 6.07) is 0. The first-order valence-corrected chi connectivity index (χ1v) is 10.3. The Morgan fingerprint density at radius 3 is 2.65 bits per heavy atom. The number of hydrogen-bond acceptors (Lipinski definition) is 4. The summed E-state index contributed by atoms with van der Waals surface area (Å²) in [6.07, 6.45) is 10.7. The fourth-order valence-electron chi connectivity index (χ4n) is 6.54. The molecule has 144 valence electrons. The van der Waals surface area contributed by atoms with E-state index in [1.807, 2.05) is 13.2 Å². The summed E-state index contributed by atoms with van der Waals surface area (Å²) in [6.45, 7) is 4.84. The van der Waals surface area contributed by atoms with Gasteiger partial charge in [-0.15, -0.1) is 0 Å². The molecule has 1 saturated heterocycles. The molecule has 1 spiro atoms. The molecule has 4 rings (SSSR count). The number of ether oxygens (including phenoxy) is 2. The van der Waals surface area contributed by atoms with Crippen molar-refractivity contribution in [3.63, 3.8) is 0 Å². The Kier molecular flexibility index (Phi) is 4.43. The molecular formula is C22H32O4. The van der Waals surface area contributed by atoms with Crippen LogP contribution >= 0.6 is 0 Å². The number of allylic oxidation sites excluding steroid dienone is 2. The summed E-state index contributed by atoms with van der Waals surface area (Å²) < 4.78 is 12.0. The summed E-state index contributed by atoms with van der Waals surface area (Å²) in [5.41, 5.74) is 0.694. The molecule has 0 bridgehead atoms. The second-order valence-electron chi connectivity index (χ2n) is 9.48. The third-order valence-electron chi connectivity index (χ3n) is 8.27. The van der Waals surface area contributed by atoms with Gasteiger partial charge in [-0.1, -0.05) is 19.4 Å². The molecule has 4 aliphatic rings. The number of carbonyl (C=O) groups excluding carboxylic acids is 2. The second-order valence-corrected chi connectivity index (χ2v) is 9.48. The van der Waals surface area contributed by atoms with Crippen molar-refractivity contribution in [3.8, 4) is 0 Å². The number of methoxy groups -OCH3 is 1. The molecule has 5 atom stereocenters. The van der Waals surface area contributed by atoms with E-state index in [2.05, 4.69) is 13.8 Å². The first kappa shape index (κ1) is 18.4. The highest BCUT2D eigenvalue weighted by Gasteiger charge is 2.63. The van der Waals surface area contributed by atoms with Gasteiger partial charge in [0.2, 0.25) is 0 Å². The number of carbonyl (C=O) groups is 2. The van der Waals surface area contributed by atoms with Gasteiger partial charge < -0.3 is 9.47 Å². The average molecular weight is 360 g/mol. The zero-order valence-electron chi connectivity index (χ0n) is 16.4. The predicted molar refractivity (Wildman–Crippen MR) is 98.8 cm³/mol. The molecule has 2 saturated carbocycles. The van der Waals surface area contributed by atoms with Crippen molar-refractivity contribution in [3.05, 3.63) is 11.6 Å². The predicted octanol–water partition coefficient (Wildman–Crippen LogP) is 4.02. The highest BCUT2D eigenvalue weighted by Crippen LogP contribution is 2.58. The molecule has 0 amide bonds. The SMILES string of the molecule is COC(CC1(C)CCCC12OCC2=O)C1CCCC2=CC(=O)CCC21C. The van der Waals surface area contributed by atoms with Crippen molar-refractivity contribution >= 4 is 11.6 Å².